The van der Waals surface area contributed by atoms with Crippen LogP contribution in [0.2, 0.25) is 0 Å². The smallest absolute Gasteiger partial charge is 0.0699 e. The highest BCUT2D eigenvalue weighted by atomic mass is 16.5. The molecule has 0 spiro atoms. The molecule has 2 N–H and O–H groups in total. The Morgan fingerprint density at radius 1 is 1.47 bits per heavy atom. The molecule has 4 atom stereocenters. The first-order valence-electron chi connectivity index (χ1n) is 7.37. The first-order chi connectivity index (χ1) is 8.30. The van der Waals surface area contributed by atoms with Gasteiger partial charge >= 0.3 is 0 Å². The predicted molar refractivity (Wildman–Crippen MR) is 68.8 cm³/mol. The number of rotatable bonds is 3. The van der Waals surface area contributed by atoms with Crippen molar-refractivity contribution in [1.29, 1.82) is 0 Å². The second kappa shape index (κ2) is 4.52. The van der Waals surface area contributed by atoms with Gasteiger partial charge in [0.15, 0.2) is 0 Å². The van der Waals surface area contributed by atoms with Crippen LogP contribution >= 0.6 is 0 Å². The molecule has 17 heavy (non-hydrogen) atoms. The van der Waals surface area contributed by atoms with Gasteiger partial charge in [0, 0.05) is 31.8 Å². The van der Waals surface area contributed by atoms with Crippen molar-refractivity contribution in [1.82, 2.24) is 4.90 Å². The minimum atomic E-state index is 0.339. The third kappa shape index (κ3) is 1.92. The summed E-state index contributed by atoms with van der Waals surface area (Å²) in [4.78, 5) is 2.70. The van der Waals surface area contributed by atoms with Crippen molar-refractivity contribution < 1.29 is 4.74 Å². The first-order valence-corrected chi connectivity index (χ1v) is 7.37. The molecule has 1 aliphatic heterocycles. The second-order valence-electron chi connectivity index (χ2n) is 6.15. The quantitative estimate of drug-likeness (QED) is 0.812. The standard InChI is InChI=1S/C14H26N2O/c1-2-12-9-16(6-3-7-17-12)14(10-15)5-4-11-8-13(11)14/h11-13H,2-10,15H2,1H3. The van der Waals surface area contributed by atoms with Crippen LogP contribution in [0.5, 0.6) is 0 Å². The number of nitrogens with zero attached hydrogens (tertiary/aromatic N) is 1. The zero-order valence-corrected chi connectivity index (χ0v) is 11.0. The molecule has 1 saturated heterocycles. The Morgan fingerprint density at radius 2 is 2.35 bits per heavy atom. The van der Waals surface area contributed by atoms with E-state index >= 15 is 0 Å². The summed E-state index contributed by atoms with van der Waals surface area (Å²) in [5.41, 5.74) is 6.51. The van der Waals surface area contributed by atoms with Crippen LogP contribution in [-0.4, -0.2) is 42.8 Å². The monoisotopic (exact) mass is 238 g/mol. The van der Waals surface area contributed by atoms with Gasteiger partial charge in [0.25, 0.3) is 0 Å². The van der Waals surface area contributed by atoms with Gasteiger partial charge in [0.05, 0.1) is 6.10 Å². The molecule has 4 unspecified atom stereocenters. The molecule has 0 radical (unpaired) electrons. The van der Waals surface area contributed by atoms with Gasteiger partial charge in [-0.3, -0.25) is 4.90 Å². The summed E-state index contributed by atoms with van der Waals surface area (Å²) in [5.74, 6) is 1.91. The van der Waals surface area contributed by atoms with Gasteiger partial charge < -0.3 is 10.5 Å². The lowest BCUT2D eigenvalue weighted by Crippen LogP contribution is -2.56. The Hall–Kier alpha value is -0.120. The third-order valence-corrected chi connectivity index (χ3v) is 5.35. The van der Waals surface area contributed by atoms with E-state index in [4.69, 9.17) is 10.5 Å². The topological polar surface area (TPSA) is 38.5 Å². The maximum Gasteiger partial charge on any atom is 0.0699 e. The highest BCUT2D eigenvalue weighted by molar-refractivity contribution is 5.13. The van der Waals surface area contributed by atoms with Gasteiger partial charge in [-0.1, -0.05) is 6.92 Å². The SMILES string of the molecule is CCC1CN(C2(CN)CCC3CC32)CCCO1. The van der Waals surface area contributed by atoms with Crippen molar-refractivity contribution in [2.24, 2.45) is 17.6 Å². The average molecular weight is 238 g/mol. The van der Waals surface area contributed by atoms with Gasteiger partial charge in [-0.25, -0.2) is 0 Å². The molecule has 2 saturated carbocycles. The van der Waals surface area contributed by atoms with E-state index in [0.717, 1.165) is 38.0 Å². The Kier molecular flexibility index (Phi) is 3.18. The van der Waals surface area contributed by atoms with Crippen molar-refractivity contribution in [3.8, 4) is 0 Å². The van der Waals surface area contributed by atoms with Gasteiger partial charge in [-0.15, -0.1) is 0 Å². The minimum Gasteiger partial charge on any atom is -0.377 e. The van der Waals surface area contributed by atoms with Crippen LogP contribution in [0.3, 0.4) is 0 Å². The van der Waals surface area contributed by atoms with Crippen LogP contribution in [0.1, 0.15) is 39.0 Å². The van der Waals surface area contributed by atoms with Gasteiger partial charge in [-0.2, -0.15) is 0 Å². The van der Waals surface area contributed by atoms with Crippen molar-refractivity contribution >= 4 is 0 Å². The molecule has 0 aromatic heterocycles. The lowest BCUT2D eigenvalue weighted by molar-refractivity contribution is 0.0204. The Morgan fingerprint density at radius 3 is 2.94 bits per heavy atom. The van der Waals surface area contributed by atoms with E-state index in [0.29, 0.717) is 11.6 Å². The first kappa shape index (κ1) is 11.9. The molecule has 3 heteroatoms. The molecule has 3 fully saturated rings. The Bertz CT molecular complexity index is 283. The maximum atomic E-state index is 6.17. The van der Waals surface area contributed by atoms with Gasteiger partial charge in [0.2, 0.25) is 0 Å². The Balaban J connectivity index is 1.76. The molecular formula is C14H26N2O. The summed E-state index contributed by atoms with van der Waals surface area (Å²) in [6.07, 6.45) is 6.91. The molecule has 3 nitrogen and oxygen atoms in total. The maximum absolute atomic E-state index is 6.17. The highest BCUT2D eigenvalue weighted by Gasteiger charge is 2.59. The molecule has 3 rings (SSSR count). The van der Waals surface area contributed by atoms with Crippen molar-refractivity contribution in [3.63, 3.8) is 0 Å². The van der Waals surface area contributed by atoms with Crippen molar-refractivity contribution in [2.45, 2.75) is 50.7 Å². The molecular weight excluding hydrogens is 212 g/mol. The summed E-state index contributed by atoms with van der Waals surface area (Å²) in [5, 5.41) is 0. The van der Waals surface area contributed by atoms with Crippen molar-refractivity contribution in [2.75, 3.05) is 26.2 Å². The molecule has 2 aliphatic carbocycles. The van der Waals surface area contributed by atoms with Crippen LogP contribution in [-0.2, 0) is 4.74 Å². The number of hydrogen-bond acceptors (Lipinski definition) is 3. The fourth-order valence-corrected chi connectivity index (χ4v) is 4.17. The summed E-state index contributed by atoms with van der Waals surface area (Å²) in [7, 11) is 0. The third-order valence-electron chi connectivity index (χ3n) is 5.35. The number of ether oxygens (including phenoxy) is 1. The van der Waals surface area contributed by atoms with Crippen molar-refractivity contribution in [3.05, 3.63) is 0 Å². The van der Waals surface area contributed by atoms with E-state index in [2.05, 4.69) is 11.8 Å². The molecule has 0 aromatic rings. The van der Waals surface area contributed by atoms with Crippen LogP contribution < -0.4 is 5.73 Å². The molecule has 3 aliphatic rings. The molecule has 1 heterocycles. The molecule has 98 valence electrons. The lowest BCUT2D eigenvalue weighted by atomic mass is 9.90. The van der Waals surface area contributed by atoms with Gasteiger partial charge in [-0.05, 0) is 43.9 Å². The number of hydrogen-bond donors (Lipinski definition) is 1. The van der Waals surface area contributed by atoms with E-state index in [1.54, 1.807) is 0 Å². The lowest BCUT2D eigenvalue weighted by Gasteiger charge is -2.42. The molecule has 0 amide bonds. The van der Waals surface area contributed by atoms with Crippen LogP contribution in [0.4, 0.5) is 0 Å². The normalized spacial score (nSPS) is 46.6. The zero-order valence-electron chi connectivity index (χ0n) is 11.0. The molecule has 0 aromatic carbocycles. The largest absolute Gasteiger partial charge is 0.377 e. The second-order valence-corrected chi connectivity index (χ2v) is 6.15. The average Bonchev–Trinajstić information content (AvgIpc) is 3.11. The van der Waals surface area contributed by atoms with Crippen LogP contribution in [0, 0.1) is 11.8 Å². The molecule has 0 bridgehead atoms. The van der Waals surface area contributed by atoms with Crippen LogP contribution in [0.25, 0.3) is 0 Å². The van der Waals surface area contributed by atoms with E-state index in [1.807, 2.05) is 0 Å². The predicted octanol–water partition coefficient (Wildman–Crippen LogP) is 1.61. The van der Waals surface area contributed by atoms with E-state index in [9.17, 15) is 0 Å². The summed E-state index contributed by atoms with van der Waals surface area (Å²) in [6.45, 7) is 6.32. The summed E-state index contributed by atoms with van der Waals surface area (Å²) < 4.78 is 5.90. The highest BCUT2D eigenvalue weighted by Crippen LogP contribution is 2.59. The summed E-state index contributed by atoms with van der Waals surface area (Å²) in [6, 6.07) is 0. The fraction of sp³-hybridized carbons (Fsp3) is 1.00. The van der Waals surface area contributed by atoms with Gasteiger partial charge in [0.1, 0.15) is 0 Å². The summed E-state index contributed by atoms with van der Waals surface area (Å²) >= 11 is 0. The Labute approximate surface area is 105 Å². The fourth-order valence-electron chi connectivity index (χ4n) is 4.17. The number of fused-ring (bicyclic) bond motifs is 1. The van der Waals surface area contributed by atoms with E-state index < -0.39 is 0 Å². The number of nitrogens with two attached hydrogens (primary N) is 1. The minimum absolute atomic E-state index is 0.339. The zero-order chi connectivity index (χ0) is 11.9. The van der Waals surface area contributed by atoms with Crippen LogP contribution in [0.15, 0.2) is 0 Å². The van der Waals surface area contributed by atoms with E-state index in [1.165, 1.54) is 32.2 Å². The van der Waals surface area contributed by atoms with E-state index in [-0.39, 0.29) is 0 Å².